The van der Waals surface area contributed by atoms with Crippen LogP contribution in [-0.2, 0) is 11.3 Å². The van der Waals surface area contributed by atoms with E-state index in [-0.39, 0.29) is 0 Å². The monoisotopic (exact) mass is 264 g/mol. The minimum Gasteiger partial charge on any atom is -0.349 e. The van der Waals surface area contributed by atoms with Gasteiger partial charge in [0.2, 0.25) is 0 Å². The Bertz CT molecular complexity index is 507. The Morgan fingerprint density at radius 1 is 1.44 bits per heavy atom. The van der Waals surface area contributed by atoms with Gasteiger partial charge in [0, 0.05) is 13.1 Å². The third-order valence-electron chi connectivity index (χ3n) is 2.27. The zero-order valence-electron chi connectivity index (χ0n) is 9.57. The van der Waals surface area contributed by atoms with Crippen LogP contribution in [0, 0.1) is 0 Å². The summed E-state index contributed by atoms with van der Waals surface area (Å²) in [5, 5.41) is 8.30. The molecule has 94 valence electrons. The fourth-order valence-electron chi connectivity index (χ4n) is 1.39. The number of hydrogen-bond donors (Lipinski definition) is 1. The van der Waals surface area contributed by atoms with E-state index in [9.17, 15) is 9.59 Å². The molecule has 0 aliphatic carbocycles. The molecular weight excluding hydrogens is 252 g/mol. The quantitative estimate of drug-likeness (QED) is 0.474. The van der Waals surface area contributed by atoms with Crippen molar-refractivity contribution in [2.24, 2.45) is 0 Å². The van der Waals surface area contributed by atoms with Crippen LogP contribution in [0.25, 0.3) is 0 Å². The normalized spacial score (nSPS) is 10.2. The van der Waals surface area contributed by atoms with Gasteiger partial charge >= 0.3 is 0 Å². The molecular formula is C11H12N4O2S. The smallest absolute Gasteiger partial charge is 0.293 e. The maximum Gasteiger partial charge on any atom is 0.293 e. The van der Waals surface area contributed by atoms with E-state index < -0.39 is 11.7 Å². The first-order chi connectivity index (χ1) is 8.77. The van der Waals surface area contributed by atoms with Gasteiger partial charge in [0.25, 0.3) is 11.7 Å². The molecule has 0 unspecified atom stereocenters. The second-order valence-corrected chi connectivity index (χ2v) is 4.52. The second-order valence-electron chi connectivity index (χ2n) is 3.57. The highest BCUT2D eigenvalue weighted by molar-refractivity contribution is 7.13. The van der Waals surface area contributed by atoms with Crippen LogP contribution >= 0.6 is 11.3 Å². The van der Waals surface area contributed by atoms with Crippen LogP contribution in [-0.4, -0.2) is 33.0 Å². The summed E-state index contributed by atoms with van der Waals surface area (Å²) in [6, 6.07) is 3.39. The Labute approximate surface area is 108 Å². The van der Waals surface area contributed by atoms with Crippen molar-refractivity contribution in [2.45, 2.75) is 13.0 Å². The molecule has 0 radical (unpaired) electrons. The lowest BCUT2D eigenvalue weighted by molar-refractivity contribution is -0.117. The first-order valence-corrected chi connectivity index (χ1v) is 6.34. The minimum absolute atomic E-state index is 0.440. The van der Waals surface area contributed by atoms with Crippen LogP contribution in [0.5, 0.6) is 0 Å². The summed E-state index contributed by atoms with van der Waals surface area (Å²) >= 11 is 1.26. The average molecular weight is 264 g/mol. The molecule has 2 rings (SSSR count). The summed E-state index contributed by atoms with van der Waals surface area (Å²) in [5.74, 6) is -1.04. The number of Topliss-reactive ketones (excluding diaryl/α,β-unsaturated/α-hetero) is 1. The lowest BCUT2D eigenvalue weighted by atomic mass is 10.3. The van der Waals surface area contributed by atoms with Gasteiger partial charge in [-0.2, -0.15) is 5.10 Å². The van der Waals surface area contributed by atoms with E-state index in [0.29, 0.717) is 24.4 Å². The van der Waals surface area contributed by atoms with E-state index in [1.165, 1.54) is 17.7 Å². The van der Waals surface area contributed by atoms with E-state index in [1.807, 2.05) is 0 Å². The Balaban J connectivity index is 1.70. The Hall–Kier alpha value is -2.02. The molecule has 7 heteroatoms. The van der Waals surface area contributed by atoms with Gasteiger partial charge in [0.1, 0.15) is 12.7 Å². The molecule has 0 saturated carbocycles. The SMILES string of the molecule is O=C(NCCCn1cncn1)C(=O)c1cccs1. The van der Waals surface area contributed by atoms with Crippen LogP contribution in [0.3, 0.4) is 0 Å². The molecule has 18 heavy (non-hydrogen) atoms. The number of rotatable bonds is 6. The number of thiophene rings is 1. The van der Waals surface area contributed by atoms with Gasteiger partial charge in [0.05, 0.1) is 4.88 Å². The van der Waals surface area contributed by atoms with Crippen LogP contribution in [0.2, 0.25) is 0 Å². The van der Waals surface area contributed by atoms with Gasteiger partial charge in [-0.25, -0.2) is 4.98 Å². The summed E-state index contributed by atoms with van der Waals surface area (Å²) in [4.78, 5) is 27.4. The summed E-state index contributed by atoms with van der Waals surface area (Å²) in [6.07, 6.45) is 3.77. The third-order valence-corrected chi connectivity index (χ3v) is 3.14. The maximum atomic E-state index is 11.6. The van der Waals surface area contributed by atoms with E-state index in [2.05, 4.69) is 15.4 Å². The zero-order valence-corrected chi connectivity index (χ0v) is 10.4. The van der Waals surface area contributed by atoms with Crippen LogP contribution in [0.1, 0.15) is 16.1 Å². The van der Waals surface area contributed by atoms with Crippen molar-refractivity contribution in [1.29, 1.82) is 0 Å². The molecule has 0 aliphatic rings. The molecule has 0 atom stereocenters. The number of amides is 1. The van der Waals surface area contributed by atoms with Crippen molar-refractivity contribution in [1.82, 2.24) is 20.1 Å². The fourth-order valence-corrected chi connectivity index (χ4v) is 2.05. The molecule has 0 bridgehead atoms. The molecule has 0 aliphatic heterocycles. The molecule has 0 fully saturated rings. The highest BCUT2D eigenvalue weighted by Crippen LogP contribution is 2.08. The van der Waals surface area contributed by atoms with Crippen molar-refractivity contribution in [3.8, 4) is 0 Å². The van der Waals surface area contributed by atoms with Gasteiger partial charge < -0.3 is 5.32 Å². The topological polar surface area (TPSA) is 76.9 Å². The molecule has 0 spiro atoms. The van der Waals surface area contributed by atoms with Gasteiger partial charge in [-0.1, -0.05) is 6.07 Å². The van der Waals surface area contributed by atoms with E-state index >= 15 is 0 Å². The van der Waals surface area contributed by atoms with E-state index in [4.69, 9.17) is 0 Å². The van der Waals surface area contributed by atoms with Crippen molar-refractivity contribution in [2.75, 3.05) is 6.54 Å². The number of carbonyl (C=O) groups excluding carboxylic acids is 2. The van der Waals surface area contributed by atoms with Gasteiger partial charge in [-0.3, -0.25) is 14.3 Å². The molecule has 0 saturated heterocycles. The van der Waals surface area contributed by atoms with Crippen molar-refractivity contribution < 1.29 is 9.59 Å². The Morgan fingerprint density at radius 3 is 3.00 bits per heavy atom. The first-order valence-electron chi connectivity index (χ1n) is 5.46. The summed E-state index contributed by atoms with van der Waals surface area (Å²) < 4.78 is 1.67. The van der Waals surface area contributed by atoms with Crippen molar-refractivity contribution in [3.05, 3.63) is 35.0 Å². The van der Waals surface area contributed by atoms with Gasteiger partial charge in [-0.05, 0) is 17.9 Å². The van der Waals surface area contributed by atoms with Crippen molar-refractivity contribution >= 4 is 23.0 Å². The van der Waals surface area contributed by atoms with E-state index in [0.717, 1.165) is 0 Å². The molecule has 2 aromatic rings. The summed E-state index contributed by atoms with van der Waals surface area (Å²) in [6.45, 7) is 1.10. The standard InChI is InChI=1S/C11H12N4O2S/c16-10(9-3-1-6-18-9)11(17)13-4-2-5-15-8-12-7-14-15/h1,3,6-8H,2,4-5H2,(H,13,17). The number of aryl methyl sites for hydroxylation is 1. The molecule has 6 nitrogen and oxygen atoms in total. The van der Waals surface area contributed by atoms with E-state index in [1.54, 1.807) is 28.5 Å². The molecule has 1 amide bonds. The van der Waals surface area contributed by atoms with Gasteiger partial charge in [-0.15, -0.1) is 11.3 Å². The maximum absolute atomic E-state index is 11.6. The Morgan fingerprint density at radius 2 is 2.33 bits per heavy atom. The summed E-state index contributed by atoms with van der Waals surface area (Å²) in [5.41, 5.74) is 0. The largest absolute Gasteiger partial charge is 0.349 e. The number of carbonyl (C=O) groups is 2. The zero-order chi connectivity index (χ0) is 12.8. The number of ketones is 1. The highest BCUT2D eigenvalue weighted by Gasteiger charge is 2.15. The summed E-state index contributed by atoms with van der Waals surface area (Å²) in [7, 11) is 0. The lowest BCUT2D eigenvalue weighted by Gasteiger charge is -2.03. The second kappa shape index (κ2) is 6.06. The molecule has 1 N–H and O–H groups in total. The van der Waals surface area contributed by atoms with Crippen LogP contribution in [0.15, 0.2) is 30.2 Å². The number of hydrogen-bond acceptors (Lipinski definition) is 5. The first kappa shape index (κ1) is 12.4. The number of nitrogens with zero attached hydrogens (tertiary/aromatic N) is 3. The number of aromatic nitrogens is 3. The lowest BCUT2D eigenvalue weighted by Crippen LogP contribution is -2.31. The van der Waals surface area contributed by atoms with Crippen LogP contribution in [0.4, 0.5) is 0 Å². The predicted octanol–water partition coefficient (Wildman–Crippen LogP) is 0.729. The Kier molecular flexibility index (Phi) is 4.19. The predicted molar refractivity (Wildman–Crippen MR) is 66.3 cm³/mol. The average Bonchev–Trinajstić information content (AvgIpc) is 3.05. The number of nitrogens with one attached hydrogen (secondary N) is 1. The third kappa shape index (κ3) is 3.24. The molecule has 2 aromatic heterocycles. The highest BCUT2D eigenvalue weighted by atomic mass is 32.1. The molecule has 2 heterocycles. The van der Waals surface area contributed by atoms with Gasteiger partial charge in [0.15, 0.2) is 0 Å². The minimum atomic E-state index is -0.559. The van der Waals surface area contributed by atoms with Crippen molar-refractivity contribution in [3.63, 3.8) is 0 Å². The fraction of sp³-hybridized carbons (Fsp3) is 0.273. The molecule has 0 aromatic carbocycles. The van der Waals surface area contributed by atoms with Crippen LogP contribution < -0.4 is 5.32 Å².